The van der Waals surface area contributed by atoms with Crippen LogP contribution < -0.4 is 0 Å². The zero-order valence-electron chi connectivity index (χ0n) is 21.0. The van der Waals surface area contributed by atoms with Crippen molar-refractivity contribution in [2.45, 2.75) is 99.7 Å². The average molecular weight is 509 g/mol. The molecule has 6 saturated heterocycles. The number of carbonyl (C=O) groups excluding carboxylic acids is 4. The predicted octanol–water partition coefficient (Wildman–Crippen LogP) is 2.79. The molecule has 0 spiro atoms. The van der Waals surface area contributed by atoms with Crippen molar-refractivity contribution in [3.05, 3.63) is 46.5 Å². The van der Waals surface area contributed by atoms with Crippen LogP contribution >= 0.6 is 0 Å². The van der Waals surface area contributed by atoms with Gasteiger partial charge in [0.05, 0.1) is 0 Å². The van der Waals surface area contributed by atoms with Crippen LogP contribution in [0.4, 0.5) is 0 Å². The van der Waals surface area contributed by atoms with Crippen molar-refractivity contribution >= 4 is 34.4 Å². The third-order valence-electron chi connectivity index (χ3n) is 11.5. The second-order valence-corrected chi connectivity index (χ2v) is 12.9. The molecule has 4 amide bonds. The summed E-state index contributed by atoms with van der Waals surface area (Å²) in [6.45, 7) is 0. The molecule has 8 heteroatoms. The summed E-state index contributed by atoms with van der Waals surface area (Å²) in [4.78, 5) is 63.6. The molecule has 10 rings (SSSR count). The summed E-state index contributed by atoms with van der Waals surface area (Å²) in [6, 6.07) is 9.94. The molecule has 0 saturated carbocycles. The Morgan fingerprint density at radius 2 is 0.816 bits per heavy atom. The van der Waals surface area contributed by atoms with E-state index in [4.69, 9.17) is 0 Å². The van der Waals surface area contributed by atoms with Crippen LogP contribution in [0.5, 0.6) is 0 Å². The van der Waals surface area contributed by atoms with Crippen molar-refractivity contribution in [1.29, 1.82) is 0 Å². The fourth-order valence-electron chi connectivity index (χ4n) is 9.92. The Balaban J connectivity index is 1.05. The number of hydrogen-bond acceptors (Lipinski definition) is 6. The molecule has 6 fully saturated rings. The third kappa shape index (κ3) is 2.29. The molecule has 2 aromatic rings. The van der Waals surface area contributed by atoms with Gasteiger partial charge < -0.3 is 0 Å². The Morgan fingerprint density at radius 1 is 0.447 bits per heavy atom. The Hall–Kier alpha value is -3.10. The summed E-state index contributed by atoms with van der Waals surface area (Å²) in [5, 5.41) is 0.989. The molecule has 8 aliphatic heterocycles. The molecule has 0 radical (unpaired) electrons. The number of imide groups is 2. The quantitative estimate of drug-likeness (QED) is 0.459. The monoisotopic (exact) mass is 508 g/mol. The first-order valence-electron chi connectivity index (χ1n) is 14.4. The molecular formula is C30H28N4O4. The van der Waals surface area contributed by atoms with Gasteiger partial charge in [0.2, 0.25) is 0 Å². The third-order valence-corrected chi connectivity index (χ3v) is 11.5. The van der Waals surface area contributed by atoms with Gasteiger partial charge >= 0.3 is 0 Å². The van der Waals surface area contributed by atoms with E-state index in [1.165, 1.54) is 22.6 Å². The Bertz CT molecular complexity index is 1380. The number of piperidine rings is 4. The minimum absolute atomic E-state index is 0.0932. The summed E-state index contributed by atoms with van der Waals surface area (Å²) >= 11 is 0. The van der Waals surface area contributed by atoms with Crippen LogP contribution in [0.2, 0.25) is 0 Å². The van der Waals surface area contributed by atoms with Gasteiger partial charge in [0.15, 0.2) is 0 Å². The first-order chi connectivity index (χ1) is 18.5. The van der Waals surface area contributed by atoms with E-state index in [9.17, 15) is 19.2 Å². The summed E-state index contributed by atoms with van der Waals surface area (Å²) in [5.74, 6) is -1.11. The minimum Gasteiger partial charge on any atom is -0.291 e. The molecule has 0 aliphatic carbocycles. The zero-order chi connectivity index (χ0) is 25.2. The van der Waals surface area contributed by atoms with Crippen molar-refractivity contribution in [1.82, 2.24) is 19.6 Å². The second kappa shape index (κ2) is 6.54. The first kappa shape index (κ1) is 20.8. The van der Waals surface area contributed by atoms with Gasteiger partial charge in [-0.2, -0.15) is 0 Å². The predicted molar refractivity (Wildman–Crippen MR) is 136 cm³/mol. The van der Waals surface area contributed by atoms with Crippen LogP contribution in [0.25, 0.3) is 10.8 Å². The summed E-state index contributed by atoms with van der Waals surface area (Å²) in [7, 11) is 0. The van der Waals surface area contributed by atoms with Crippen molar-refractivity contribution in [2.24, 2.45) is 0 Å². The lowest BCUT2D eigenvalue weighted by atomic mass is 9.83. The summed E-state index contributed by atoms with van der Waals surface area (Å²) in [6.07, 6.45) is 8.14. The maximum absolute atomic E-state index is 13.9. The van der Waals surface area contributed by atoms with E-state index >= 15 is 0 Å². The minimum atomic E-state index is -0.277. The van der Waals surface area contributed by atoms with Gasteiger partial charge in [0.25, 0.3) is 23.6 Å². The number of fused-ring (bicyclic) bond motifs is 2. The molecule has 0 aromatic heterocycles. The molecular weight excluding hydrogens is 480 g/mol. The molecule has 8 heterocycles. The second-order valence-electron chi connectivity index (χ2n) is 12.9. The fourth-order valence-corrected chi connectivity index (χ4v) is 9.92. The first-order valence-corrected chi connectivity index (χ1v) is 14.4. The van der Waals surface area contributed by atoms with Crippen LogP contribution in [0.15, 0.2) is 24.3 Å². The normalized spacial score (nSPS) is 43.1. The lowest BCUT2D eigenvalue weighted by Crippen LogP contribution is -2.52. The topological polar surface area (TPSA) is 80.8 Å². The van der Waals surface area contributed by atoms with Crippen molar-refractivity contribution in [2.75, 3.05) is 0 Å². The van der Waals surface area contributed by atoms with E-state index in [-0.39, 0.29) is 35.7 Å². The van der Waals surface area contributed by atoms with Gasteiger partial charge in [-0.3, -0.25) is 38.8 Å². The largest absolute Gasteiger partial charge is 0.291 e. The van der Waals surface area contributed by atoms with Crippen molar-refractivity contribution < 1.29 is 19.2 Å². The lowest BCUT2D eigenvalue weighted by Gasteiger charge is -2.40. The smallest absolute Gasteiger partial charge is 0.261 e. The lowest BCUT2D eigenvalue weighted by molar-refractivity contribution is 0.0449. The molecule has 8 aliphatic rings. The van der Waals surface area contributed by atoms with E-state index in [0.29, 0.717) is 69.3 Å². The SMILES string of the molecule is O=C1c2ccc3c4c(ccc(c24)C(=O)N1C1CC2CCC4C(C1)N24)C(=O)N(C1CC2CCC4C(C1)N24)C3=O. The molecule has 192 valence electrons. The van der Waals surface area contributed by atoms with Crippen LogP contribution in [0.3, 0.4) is 0 Å². The van der Waals surface area contributed by atoms with E-state index in [2.05, 4.69) is 9.80 Å². The Morgan fingerprint density at radius 3 is 1.16 bits per heavy atom. The van der Waals surface area contributed by atoms with Gasteiger partial charge in [0.1, 0.15) is 0 Å². The van der Waals surface area contributed by atoms with Gasteiger partial charge in [0, 0.05) is 81.4 Å². The highest BCUT2D eigenvalue weighted by Crippen LogP contribution is 2.53. The molecule has 10 unspecified atom stereocenters. The molecule has 38 heavy (non-hydrogen) atoms. The average Bonchev–Trinajstić information content (AvgIpc) is 3.65. The number of rotatable bonds is 2. The molecule has 2 aromatic carbocycles. The van der Waals surface area contributed by atoms with Crippen LogP contribution in [-0.4, -0.2) is 91.6 Å². The van der Waals surface area contributed by atoms with Gasteiger partial charge in [-0.15, -0.1) is 0 Å². The Labute approximate surface area is 219 Å². The number of benzene rings is 2. The summed E-state index contributed by atoms with van der Waals surface area (Å²) < 4.78 is 0. The maximum atomic E-state index is 13.9. The van der Waals surface area contributed by atoms with Crippen LogP contribution in [0, 0.1) is 0 Å². The molecule has 0 bridgehead atoms. The molecule has 8 nitrogen and oxygen atoms in total. The van der Waals surface area contributed by atoms with E-state index in [0.717, 1.165) is 38.5 Å². The van der Waals surface area contributed by atoms with Crippen molar-refractivity contribution in [3.8, 4) is 0 Å². The van der Waals surface area contributed by atoms with Gasteiger partial charge in [-0.25, -0.2) is 0 Å². The van der Waals surface area contributed by atoms with Crippen LogP contribution in [0.1, 0.15) is 92.8 Å². The summed E-state index contributed by atoms with van der Waals surface area (Å²) in [5.41, 5.74) is 1.78. The van der Waals surface area contributed by atoms with E-state index in [1.54, 1.807) is 24.3 Å². The highest BCUT2D eigenvalue weighted by Gasteiger charge is 2.61. The zero-order valence-corrected chi connectivity index (χ0v) is 21.0. The number of nitrogens with zero attached hydrogens (tertiary/aromatic N) is 4. The van der Waals surface area contributed by atoms with Crippen LogP contribution in [-0.2, 0) is 0 Å². The number of amides is 4. The van der Waals surface area contributed by atoms with E-state index in [1.807, 2.05) is 0 Å². The highest BCUT2D eigenvalue weighted by atomic mass is 16.2. The fraction of sp³-hybridized carbons (Fsp3) is 0.533. The highest BCUT2D eigenvalue weighted by molar-refractivity contribution is 6.33. The number of carbonyl (C=O) groups is 4. The van der Waals surface area contributed by atoms with Gasteiger partial charge in [-0.1, -0.05) is 0 Å². The standard InChI is InChI=1S/C30H28N4O4/c35-27-17-3-5-19-26-20(30(38)34(29(19)37)16-10-14-2-8-22-24(12-16)32(14)22)6-4-18(25(17)26)28(36)33(27)15-9-13-1-7-21-23(11-15)31(13)21/h3-6,13-16,21-24H,1-2,7-12H2. The molecule has 10 atom stereocenters. The molecule has 0 N–H and O–H groups in total. The Kier molecular flexibility index (Phi) is 3.58. The van der Waals surface area contributed by atoms with Crippen molar-refractivity contribution in [3.63, 3.8) is 0 Å². The maximum Gasteiger partial charge on any atom is 0.261 e. The number of hydrogen-bond donors (Lipinski definition) is 0. The van der Waals surface area contributed by atoms with E-state index < -0.39 is 0 Å². The van der Waals surface area contributed by atoms with Gasteiger partial charge in [-0.05, 0) is 75.6 Å².